The van der Waals surface area contributed by atoms with Crippen molar-refractivity contribution in [3.63, 3.8) is 0 Å². The number of nitrogens with one attached hydrogen (secondary N) is 1. The first-order chi connectivity index (χ1) is 12.9. The van der Waals surface area contributed by atoms with Crippen molar-refractivity contribution in [2.75, 3.05) is 0 Å². The van der Waals surface area contributed by atoms with Gasteiger partial charge >= 0.3 is 0 Å². The molecule has 0 unspecified atom stereocenters. The number of carbonyl (C=O) groups is 1. The predicted octanol–water partition coefficient (Wildman–Crippen LogP) is 4.15. The zero-order valence-electron chi connectivity index (χ0n) is 16.6. The second kappa shape index (κ2) is 8.46. The Hall–Kier alpha value is -1.82. The zero-order chi connectivity index (χ0) is 19.6. The molecule has 0 saturated heterocycles. The first-order valence-electron chi connectivity index (χ1n) is 9.86. The molecule has 0 aliphatic heterocycles. The van der Waals surface area contributed by atoms with Crippen molar-refractivity contribution >= 4 is 28.6 Å². The molecule has 1 aliphatic rings. The Morgan fingerprint density at radius 2 is 1.93 bits per heavy atom. The van der Waals surface area contributed by atoms with E-state index >= 15 is 0 Å². The molecule has 3 atom stereocenters. The molecule has 6 heteroatoms. The minimum atomic E-state index is -0.308. The minimum Gasteiger partial charge on any atom is -0.352 e. The highest BCUT2D eigenvalue weighted by Crippen LogP contribution is 2.27. The van der Waals surface area contributed by atoms with Gasteiger partial charge in [-0.3, -0.25) is 14.2 Å². The Morgan fingerprint density at radius 1 is 1.22 bits per heavy atom. The highest BCUT2D eigenvalue weighted by molar-refractivity contribution is 8.00. The van der Waals surface area contributed by atoms with E-state index in [2.05, 4.69) is 17.2 Å². The predicted molar refractivity (Wildman–Crippen MR) is 111 cm³/mol. The van der Waals surface area contributed by atoms with Gasteiger partial charge in [0.15, 0.2) is 5.16 Å². The van der Waals surface area contributed by atoms with Gasteiger partial charge in [0.2, 0.25) is 5.91 Å². The van der Waals surface area contributed by atoms with Crippen LogP contribution in [-0.4, -0.2) is 26.8 Å². The van der Waals surface area contributed by atoms with Crippen LogP contribution in [-0.2, 0) is 4.79 Å². The van der Waals surface area contributed by atoms with Crippen molar-refractivity contribution in [2.24, 2.45) is 5.92 Å². The highest BCUT2D eigenvalue weighted by Gasteiger charge is 2.26. The fourth-order valence-corrected chi connectivity index (χ4v) is 4.76. The quantitative estimate of drug-likeness (QED) is 0.618. The van der Waals surface area contributed by atoms with Crippen LogP contribution in [0.4, 0.5) is 0 Å². The number of thioether (sulfide) groups is 1. The Morgan fingerprint density at radius 3 is 2.63 bits per heavy atom. The number of carbonyl (C=O) groups excluding carboxylic acids is 1. The third-order valence-corrected chi connectivity index (χ3v) is 6.45. The second-order valence-electron chi connectivity index (χ2n) is 7.82. The van der Waals surface area contributed by atoms with Crippen LogP contribution in [0.25, 0.3) is 10.9 Å². The van der Waals surface area contributed by atoms with Gasteiger partial charge in [-0.05, 0) is 51.7 Å². The van der Waals surface area contributed by atoms with Crippen LogP contribution in [0.3, 0.4) is 0 Å². The van der Waals surface area contributed by atoms with E-state index in [9.17, 15) is 9.59 Å². The molecule has 1 fully saturated rings. The van der Waals surface area contributed by atoms with Crippen molar-refractivity contribution in [3.8, 4) is 0 Å². The molecule has 1 heterocycles. The maximum absolute atomic E-state index is 12.9. The summed E-state index contributed by atoms with van der Waals surface area (Å²) in [6.07, 6.45) is 4.65. The Labute approximate surface area is 164 Å². The summed E-state index contributed by atoms with van der Waals surface area (Å²) in [5, 5.41) is 4.13. The molecule has 1 aliphatic carbocycles. The van der Waals surface area contributed by atoms with Gasteiger partial charge < -0.3 is 5.32 Å². The van der Waals surface area contributed by atoms with E-state index in [1.54, 1.807) is 10.6 Å². The summed E-state index contributed by atoms with van der Waals surface area (Å²) in [6, 6.07) is 7.61. The van der Waals surface area contributed by atoms with Gasteiger partial charge in [-0.1, -0.05) is 43.7 Å². The molecular weight excluding hydrogens is 358 g/mol. The number of fused-ring (bicyclic) bond motifs is 1. The number of rotatable bonds is 5. The SMILES string of the molecule is CC(C)n1c(S[C@H](C)C(=O)N[C@H]2CCCC[C@H]2C)nc2ccccc2c1=O. The monoisotopic (exact) mass is 387 g/mol. The summed E-state index contributed by atoms with van der Waals surface area (Å²) in [5.41, 5.74) is 0.627. The van der Waals surface area contributed by atoms with Crippen molar-refractivity contribution < 1.29 is 4.79 Å². The molecule has 1 aromatic carbocycles. The van der Waals surface area contributed by atoms with Crippen LogP contribution >= 0.6 is 11.8 Å². The third-order valence-electron chi connectivity index (χ3n) is 5.38. The van der Waals surface area contributed by atoms with E-state index in [0.29, 0.717) is 22.0 Å². The summed E-state index contributed by atoms with van der Waals surface area (Å²) in [5.74, 6) is 0.545. The molecule has 0 spiro atoms. The molecule has 2 aromatic rings. The molecule has 0 radical (unpaired) electrons. The van der Waals surface area contributed by atoms with Crippen LogP contribution in [0.5, 0.6) is 0 Å². The van der Waals surface area contributed by atoms with E-state index in [0.717, 1.165) is 6.42 Å². The summed E-state index contributed by atoms with van der Waals surface area (Å²) < 4.78 is 1.69. The van der Waals surface area contributed by atoms with Gasteiger partial charge in [-0.15, -0.1) is 0 Å². The summed E-state index contributed by atoms with van der Waals surface area (Å²) >= 11 is 1.37. The molecule has 1 amide bonds. The second-order valence-corrected chi connectivity index (χ2v) is 9.13. The Balaban J connectivity index is 1.83. The number of nitrogens with zero attached hydrogens (tertiary/aromatic N) is 2. The van der Waals surface area contributed by atoms with Gasteiger partial charge in [0.05, 0.1) is 16.2 Å². The molecule has 27 heavy (non-hydrogen) atoms. The number of hydrogen-bond acceptors (Lipinski definition) is 4. The van der Waals surface area contributed by atoms with E-state index < -0.39 is 0 Å². The van der Waals surface area contributed by atoms with Crippen molar-refractivity contribution in [1.82, 2.24) is 14.9 Å². The number of benzene rings is 1. The lowest BCUT2D eigenvalue weighted by atomic mass is 9.86. The Bertz CT molecular complexity index is 877. The van der Waals surface area contributed by atoms with Gasteiger partial charge in [-0.2, -0.15) is 0 Å². The van der Waals surface area contributed by atoms with Crippen LogP contribution in [0.2, 0.25) is 0 Å². The lowest BCUT2D eigenvalue weighted by molar-refractivity contribution is -0.121. The first-order valence-corrected chi connectivity index (χ1v) is 10.7. The van der Waals surface area contributed by atoms with E-state index in [4.69, 9.17) is 0 Å². The molecule has 1 aromatic heterocycles. The van der Waals surface area contributed by atoms with E-state index in [-0.39, 0.29) is 28.8 Å². The number of hydrogen-bond donors (Lipinski definition) is 1. The van der Waals surface area contributed by atoms with Gasteiger partial charge in [0.25, 0.3) is 5.56 Å². The van der Waals surface area contributed by atoms with Crippen LogP contribution < -0.4 is 10.9 Å². The average molecular weight is 388 g/mol. The van der Waals surface area contributed by atoms with Crippen LogP contribution in [0.1, 0.15) is 59.4 Å². The maximum atomic E-state index is 12.9. The van der Waals surface area contributed by atoms with Crippen molar-refractivity contribution in [3.05, 3.63) is 34.6 Å². The normalized spacial score (nSPS) is 21.4. The standard InChI is InChI=1S/C21H29N3O2S/c1-13(2)24-20(26)16-10-6-8-12-18(16)23-21(24)27-15(4)19(25)22-17-11-7-5-9-14(17)3/h6,8,10,12-15,17H,5,7,9,11H2,1-4H3,(H,22,25)/t14-,15-,17+/m1/s1. The maximum Gasteiger partial charge on any atom is 0.262 e. The largest absolute Gasteiger partial charge is 0.352 e. The van der Waals surface area contributed by atoms with Gasteiger partial charge in [0.1, 0.15) is 0 Å². The number of para-hydroxylation sites is 1. The van der Waals surface area contributed by atoms with Gasteiger partial charge in [-0.25, -0.2) is 4.98 Å². The van der Waals surface area contributed by atoms with Crippen LogP contribution in [0.15, 0.2) is 34.2 Å². The lowest BCUT2D eigenvalue weighted by Gasteiger charge is -2.30. The molecule has 1 saturated carbocycles. The third kappa shape index (κ3) is 4.37. The summed E-state index contributed by atoms with van der Waals surface area (Å²) in [6.45, 7) is 8.04. The molecule has 3 rings (SSSR count). The summed E-state index contributed by atoms with van der Waals surface area (Å²) in [7, 11) is 0. The first kappa shape index (κ1) is 19.9. The minimum absolute atomic E-state index is 0.0225. The molecule has 146 valence electrons. The fourth-order valence-electron chi connectivity index (χ4n) is 3.71. The average Bonchev–Trinajstić information content (AvgIpc) is 2.63. The van der Waals surface area contributed by atoms with Crippen molar-refractivity contribution in [2.45, 2.75) is 75.9 Å². The fraction of sp³-hybridized carbons (Fsp3) is 0.571. The number of aromatic nitrogens is 2. The highest BCUT2D eigenvalue weighted by atomic mass is 32.2. The van der Waals surface area contributed by atoms with E-state index in [1.165, 1.54) is 31.0 Å². The van der Waals surface area contributed by atoms with Crippen molar-refractivity contribution in [1.29, 1.82) is 0 Å². The smallest absolute Gasteiger partial charge is 0.262 e. The number of amides is 1. The lowest BCUT2D eigenvalue weighted by Crippen LogP contribution is -2.44. The van der Waals surface area contributed by atoms with Gasteiger partial charge in [0, 0.05) is 12.1 Å². The molecule has 1 N–H and O–H groups in total. The zero-order valence-corrected chi connectivity index (χ0v) is 17.4. The molecule has 5 nitrogen and oxygen atoms in total. The van der Waals surface area contributed by atoms with Crippen LogP contribution in [0, 0.1) is 5.92 Å². The van der Waals surface area contributed by atoms with E-state index in [1.807, 2.05) is 39.0 Å². The Kier molecular flexibility index (Phi) is 6.25. The topological polar surface area (TPSA) is 64.0 Å². The molecule has 0 bridgehead atoms. The summed E-state index contributed by atoms with van der Waals surface area (Å²) in [4.78, 5) is 30.3. The molecular formula is C21H29N3O2S.